The van der Waals surface area contributed by atoms with Gasteiger partial charge in [0.25, 0.3) is 5.91 Å². The zero-order valence-electron chi connectivity index (χ0n) is 11.8. The van der Waals surface area contributed by atoms with Crippen LogP contribution in [0.15, 0.2) is 45.0 Å². The molecule has 0 spiro atoms. The van der Waals surface area contributed by atoms with Crippen LogP contribution < -0.4 is 11.1 Å². The topological polar surface area (TPSA) is 88.0 Å². The summed E-state index contributed by atoms with van der Waals surface area (Å²) in [6, 6.07) is 8.96. The molecule has 7 heteroatoms. The molecule has 1 aromatic carbocycles. The first kappa shape index (κ1) is 14.3. The van der Waals surface area contributed by atoms with E-state index in [2.05, 4.69) is 20.0 Å². The molecule has 2 heterocycles. The molecule has 6 nitrogen and oxygen atoms in total. The number of H-pyrrole nitrogens is 1. The number of hydrogen-bond donors (Lipinski definition) is 2. The number of aryl methyl sites for hydroxylation is 1. The van der Waals surface area contributed by atoms with Crippen LogP contribution in [0.4, 0.5) is 5.69 Å². The lowest BCUT2D eigenvalue weighted by Crippen LogP contribution is -2.11. The summed E-state index contributed by atoms with van der Waals surface area (Å²) in [7, 11) is 0. The van der Waals surface area contributed by atoms with Gasteiger partial charge in [-0.3, -0.25) is 14.3 Å². The van der Waals surface area contributed by atoms with E-state index in [0.717, 1.165) is 16.9 Å². The van der Waals surface area contributed by atoms with E-state index in [1.165, 1.54) is 11.3 Å². The molecule has 0 aliphatic heterocycles. The monoisotopic (exact) mass is 315 g/mol. The van der Waals surface area contributed by atoms with E-state index in [0.29, 0.717) is 17.1 Å². The SMILES string of the molecule is CCc1ccsc1C(=O)Nc1ccc(-c2noc(=O)[nH]2)cc1. The summed E-state index contributed by atoms with van der Waals surface area (Å²) in [6.45, 7) is 2.02. The van der Waals surface area contributed by atoms with Crippen molar-refractivity contribution in [2.45, 2.75) is 13.3 Å². The Kier molecular flexibility index (Phi) is 3.88. The van der Waals surface area contributed by atoms with Crippen molar-refractivity contribution >= 4 is 22.9 Å². The maximum absolute atomic E-state index is 12.2. The van der Waals surface area contributed by atoms with Gasteiger partial charge in [0, 0.05) is 11.3 Å². The van der Waals surface area contributed by atoms with E-state index in [1.807, 2.05) is 18.4 Å². The van der Waals surface area contributed by atoms with Crippen LogP contribution in [0.1, 0.15) is 22.2 Å². The van der Waals surface area contributed by atoms with Gasteiger partial charge in [-0.25, -0.2) is 4.79 Å². The highest BCUT2D eigenvalue weighted by Crippen LogP contribution is 2.21. The summed E-state index contributed by atoms with van der Waals surface area (Å²) in [6.07, 6.45) is 0.824. The van der Waals surface area contributed by atoms with Crippen molar-refractivity contribution in [2.75, 3.05) is 5.32 Å². The van der Waals surface area contributed by atoms with Gasteiger partial charge in [-0.1, -0.05) is 12.1 Å². The van der Waals surface area contributed by atoms with Gasteiger partial charge in [0.2, 0.25) is 0 Å². The Labute approximate surface area is 129 Å². The molecule has 0 radical (unpaired) electrons. The van der Waals surface area contributed by atoms with Crippen LogP contribution in [0.3, 0.4) is 0 Å². The number of anilines is 1. The van der Waals surface area contributed by atoms with Crippen LogP contribution in [0.5, 0.6) is 0 Å². The normalized spacial score (nSPS) is 10.6. The number of hydrogen-bond acceptors (Lipinski definition) is 5. The maximum atomic E-state index is 12.2. The molecule has 22 heavy (non-hydrogen) atoms. The maximum Gasteiger partial charge on any atom is 0.439 e. The van der Waals surface area contributed by atoms with E-state index in [1.54, 1.807) is 24.3 Å². The van der Waals surface area contributed by atoms with Gasteiger partial charge >= 0.3 is 5.76 Å². The third kappa shape index (κ3) is 2.84. The number of carbonyl (C=O) groups excluding carboxylic acids is 1. The third-order valence-corrected chi connectivity index (χ3v) is 4.15. The minimum absolute atomic E-state index is 0.116. The molecule has 3 aromatic rings. The average Bonchev–Trinajstić information content (AvgIpc) is 3.16. The smallest absolute Gasteiger partial charge is 0.321 e. The molecule has 0 aliphatic carbocycles. The predicted molar refractivity (Wildman–Crippen MR) is 84.2 cm³/mol. The van der Waals surface area contributed by atoms with Crippen LogP contribution in [0, 0.1) is 0 Å². The summed E-state index contributed by atoms with van der Waals surface area (Å²) in [5.41, 5.74) is 2.42. The van der Waals surface area contributed by atoms with Crippen molar-refractivity contribution in [3.63, 3.8) is 0 Å². The molecule has 0 saturated carbocycles. The molecule has 1 amide bonds. The molecule has 2 aromatic heterocycles. The lowest BCUT2D eigenvalue weighted by Gasteiger charge is -2.05. The Balaban J connectivity index is 1.76. The lowest BCUT2D eigenvalue weighted by atomic mass is 10.2. The number of nitrogens with zero attached hydrogens (tertiary/aromatic N) is 1. The molecule has 0 saturated heterocycles. The number of aromatic nitrogens is 2. The van der Waals surface area contributed by atoms with Crippen molar-refractivity contribution in [1.29, 1.82) is 0 Å². The zero-order valence-corrected chi connectivity index (χ0v) is 12.6. The van der Waals surface area contributed by atoms with E-state index in [4.69, 9.17) is 0 Å². The van der Waals surface area contributed by atoms with Gasteiger partial charge in [-0.15, -0.1) is 11.3 Å². The Morgan fingerprint density at radius 3 is 2.73 bits per heavy atom. The van der Waals surface area contributed by atoms with Gasteiger partial charge < -0.3 is 5.32 Å². The van der Waals surface area contributed by atoms with Crippen molar-refractivity contribution in [2.24, 2.45) is 0 Å². The summed E-state index contributed by atoms with van der Waals surface area (Å²) in [5.74, 6) is -0.360. The predicted octanol–water partition coefficient (Wildman–Crippen LogP) is 2.91. The number of rotatable bonds is 4. The Morgan fingerprint density at radius 1 is 1.32 bits per heavy atom. The average molecular weight is 315 g/mol. The van der Waals surface area contributed by atoms with Crippen molar-refractivity contribution in [3.8, 4) is 11.4 Å². The van der Waals surface area contributed by atoms with E-state index < -0.39 is 5.76 Å². The molecule has 3 rings (SSSR count). The first-order valence-electron chi connectivity index (χ1n) is 6.71. The summed E-state index contributed by atoms with van der Waals surface area (Å²) >= 11 is 1.43. The Hall–Kier alpha value is -2.67. The highest BCUT2D eigenvalue weighted by Gasteiger charge is 2.12. The third-order valence-electron chi connectivity index (χ3n) is 3.19. The van der Waals surface area contributed by atoms with E-state index >= 15 is 0 Å². The second-order valence-electron chi connectivity index (χ2n) is 4.60. The van der Waals surface area contributed by atoms with Crippen LogP contribution >= 0.6 is 11.3 Å². The van der Waals surface area contributed by atoms with E-state index in [9.17, 15) is 9.59 Å². The number of benzene rings is 1. The largest absolute Gasteiger partial charge is 0.439 e. The second-order valence-corrected chi connectivity index (χ2v) is 5.52. The number of aromatic amines is 1. The Bertz CT molecular complexity index is 845. The minimum atomic E-state index is -0.600. The van der Waals surface area contributed by atoms with Crippen molar-refractivity contribution in [3.05, 3.63) is 56.7 Å². The summed E-state index contributed by atoms with van der Waals surface area (Å²) < 4.78 is 4.46. The summed E-state index contributed by atoms with van der Waals surface area (Å²) in [4.78, 5) is 26.4. The second kappa shape index (κ2) is 5.98. The van der Waals surface area contributed by atoms with Crippen LogP contribution in [0.2, 0.25) is 0 Å². The summed E-state index contributed by atoms with van der Waals surface area (Å²) in [5, 5.41) is 8.38. The fraction of sp³-hybridized carbons (Fsp3) is 0.133. The Morgan fingerprint density at radius 2 is 2.09 bits per heavy atom. The van der Waals surface area contributed by atoms with E-state index in [-0.39, 0.29) is 5.91 Å². The molecule has 0 unspecified atom stereocenters. The fourth-order valence-corrected chi connectivity index (χ4v) is 2.96. The fourth-order valence-electron chi connectivity index (χ4n) is 2.07. The standard InChI is InChI=1S/C15H13N3O3S/c1-2-9-7-8-22-12(9)14(19)16-11-5-3-10(4-6-11)13-17-15(20)21-18-13/h3-8H,2H2,1H3,(H,16,19)(H,17,18,20). The van der Waals surface area contributed by atoms with Gasteiger partial charge in [0.1, 0.15) is 0 Å². The first-order valence-corrected chi connectivity index (χ1v) is 7.59. The van der Waals surface area contributed by atoms with Crippen LogP contribution in [-0.4, -0.2) is 16.0 Å². The van der Waals surface area contributed by atoms with Crippen molar-refractivity contribution in [1.82, 2.24) is 10.1 Å². The van der Waals surface area contributed by atoms with Gasteiger partial charge in [0.15, 0.2) is 5.82 Å². The molecular weight excluding hydrogens is 302 g/mol. The molecular formula is C15H13N3O3S. The van der Waals surface area contributed by atoms with Gasteiger partial charge in [-0.05, 0) is 47.7 Å². The quantitative estimate of drug-likeness (QED) is 0.775. The van der Waals surface area contributed by atoms with Crippen LogP contribution in [0.25, 0.3) is 11.4 Å². The number of carbonyl (C=O) groups is 1. The van der Waals surface area contributed by atoms with Gasteiger partial charge in [-0.2, -0.15) is 0 Å². The van der Waals surface area contributed by atoms with Crippen LogP contribution in [-0.2, 0) is 6.42 Å². The minimum Gasteiger partial charge on any atom is -0.321 e. The number of thiophene rings is 1. The molecule has 0 bridgehead atoms. The van der Waals surface area contributed by atoms with Crippen molar-refractivity contribution < 1.29 is 9.32 Å². The molecule has 0 aliphatic rings. The highest BCUT2D eigenvalue weighted by atomic mass is 32.1. The number of nitrogens with one attached hydrogen (secondary N) is 2. The molecule has 0 fully saturated rings. The zero-order chi connectivity index (χ0) is 15.5. The molecule has 0 atom stereocenters. The molecule has 2 N–H and O–H groups in total. The number of amides is 1. The van der Waals surface area contributed by atoms with Gasteiger partial charge in [0.05, 0.1) is 4.88 Å². The first-order chi connectivity index (χ1) is 10.7. The molecule has 112 valence electrons. The lowest BCUT2D eigenvalue weighted by molar-refractivity contribution is 0.103. The highest BCUT2D eigenvalue weighted by molar-refractivity contribution is 7.12.